The molecule has 0 spiro atoms. The van der Waals surface area contributed by atoms with Crippen molar-refractivity contribution in [3.05, 3.63) is 36.3 Å². The number of hydrogen-bond donors (Lipinski definition) is 2. The molecule has 1 aliphatic heterocycles. The van der Waals surface area contributed by atoms with Crippen LogP contribution < -0.4 is 11.1 Å². The van der Waals surface area contributed by atoms with Crippen molar-refractivity contribution in [2.75, 3.05) is 0 Å². The molecule has 2 fully saturated rings. The Bertz CT molecular complexity index is 578. The molecule has 1 amide bonds. The molecule has 0 aromatic carbocycles. The molecule has 3 aliphatic rings. The van der Waals surface area contributed by atoms with Gasteiger partial charge in [0, 0.05) is 29.9 Å². The van der Waals surface area contributed by atoms with Crippen LogP contribution in [-0.2, 0) is 4.79 Å². The van der Waals surface area contributed by atoms with Crippen LogP contribution in [0.15, 0.2) is 41.3 Å². The van der Waals surface area contributed by atoms with Crippen LogP contribution in [0.5, 0.6) is 0 Å². The van der Waals surface area contributed by atoms with E-state index in [9.17, 15) is 4.79 Å². The standard InChI is InChI=1S/C19H28N4O/c1-14(21-16-7-3-2-4-8-16)22-19-15(13-20)11-12-18(24)23(19)17-9-5-6-10-17/h11-13,16-17,21H,1-10,20H2/b15-13-,22-19+. The van der Waals surface area contributed by atoms with Gasteiger partial charge >= 0.3 is 0 Å². The Balaban J connectivity index is 1.80. The van der Waals surface area contributed by atoms with Crippen molar-refractivity contribution in [3.8, 4) is 0 Å². The highest BCUT2D eigenvalue weighted by molar-refractivity contribution is 6.15. The maximum absolute atomic E-state index is 12.5. The van der Waals surface area contributed by atoms with Crippen LogP contribution in [0.1, 0.15) is 57.8 Å². The van der Waals surface area contributed by atoms with E-state index in [0.717, 1.165) is 44.1 Å². The summed E-state index contributed by atoms with van der Waals surface area (Å²) in [5.74, 6) is 1.27. The molecular weight excluding hydrogens is 300 g/mol. The van der Waals surface area contributed by atoms with Crippen LogP contribution in [0.25, 0.3) is 0 Å². The number of nitrogens with two attached hydrogens (primary N) is 1. The van der Waals surface area contributed by atoms with Crippen molar-refractivity contribution < 1.29 is 4.79 Å². The second-order valence-electron chi connectivity index (χ2n) is 6.96. The zero-order valence-corrected chi connectivity index (χ0v) is 14.3. The summed E-state index contributed by atoms with van der Waals surface area (Å²) in [4.78, 5) is 19.0. The van der Waals surface area contributed by atoms with Crippen molar-refractivity contribution in [2.45, 2.75) is 69.9 Å². The number of carbonyl (C=O) groups excluding carboxylic acids is 1. The van der Waals surface area contributed by atoms with Gasteiger partial charge in [-0.1, -0.05) is 38.7 Å². The predicted octanol–water partition coefficient (Wildman–Crippen LogP) is 2.96. The topological polar surface area (TPSA) is 70.7 Å². The Morgan fingerprint density at radius 2 is 1.83 bits per heavy atom. The molecule has 0 saturated heterocycles. The molecule has 0 bridgehead atoms. The minimum Gasteiger partial charge on any atom is -0.404 e. The number of aliphatic imine (C=N–C) groups is 1. The van der Waals surface area contributed by atoms with Gasteiger partial charge < -0.3 is 11.1 Å². The van der Waals surface area contributed by atoms with Gasteiger partial charge in [0.2, 0.25) is 0 Å². The zero-order valence-electron chi connectivity index (χ0n) is 14.3. The van der Waals surface area contributed by atoms with E-state index in [2.05, 4.69) is 16.9 Å². The van der Waals surface area contributed by atoms with E-state index >= 15 is 0 Å². The van der Waals surface area contributed by atoms with E-state index in [4.69, 9.17) is 5.73 Å². The molecule has 2 aliphatic carbocycles. The Kier molecular flexibility index (Phi) is 5.38. The van der Waals surface area contributed by atoms with E-state index in [0.29, 0.717) is 17.7 Å². The molecule has 5 heteroatoms. The highest BCUT2D eigenvalue weighted by atomic mass is 16.2. The van der Waals surface area contributed by atoms with Gasteiger partial charge in [-0.15, -0.1) is 0 Å². The monoisotopic (exact) mass is 328 g/mol. The first-order chi connectivity index (χ1) is 11.7. The first kappa shape index (κ1) is 16.8. The van der Waals surface area contributed by atoms with Gasteiger partial charge in [0.15, 0.2) is 0 Å². The Morgan fingerprint density at radius 3 is 2.50 bits per heavy atom. The van der Waals surface area contributed by atoms with Gasteiger partial charge in [-0.2, -0.15) is 0 Å². The van der Waals surface area contributed by atoms with Crippen molar-refractivity contribution in [1.82, 2.24) is 10.2 Å². The van der Waals surface area contributed by atoms with Gasteiger partial charge in [-0.25, -0.2) is 4.99 Å². The normalized spacial score (nSPS) is 26.5. The van der Waals surface area contributed by atoms with E-state index in [1.54, 1.807) is 12.2 Å². The summed E-state index contributed by atoms with van der Waals surface area (Å²) in [6, 6.07) is 0.661. The number of nitrogens with zero attached hydrogens (tertiary/aromatic N) is 2. The van der Waals surface area contributed by atoms with Crippen LogP contribution in [0, 0.1) is 0 Å². The molecule has 0 aromatic rings. The molecular formula is C19H28N4O. The molecule has 2 saturated carbocycles. The molecule has 3 rings (SSSR count). The number of hydrogen-bond acceptors (Lipinski definition) is 4. The van der Waals surface area contributed by atoms with Gasteiger partial charge in [0.25, 0.3) is 5.91 Å². The van der Waals surface area contributed by atoms with E-state index < -0.39 is 0 Å². The number of nitrogens with one attached hydrogen (secondary N) is 1. The molecule has 0 atom stereocenters. The van der Waals surface area contributed by atoms with Gasteiger partial charge in [0.05, 0.1) is 0 Å². The van der Waals surface area contributed by atoms with Gasteiger partial charge in [0.1, 0.15) is 11.7 Å². The van der Waals surface area contributed by atoms with E-state index in [1.807, 2.05) is 4.90 Å². The average Bonchev–Trinajstić information content (AvgIpc) is 3.10. The quantitative estimate of drug-likeness (QED) is 0.833. The van der Waals surface area contributed by atoms with Crippen LogP contribution >= 0.6 is 0 Å². The highest BCUT2D eigenvalue weighted by Crippen LogP contribution is 2.28. The van der Waals surface area contributed by atoms with Crippen molar-refractivity contribution in [2.24, 2.45) is 10.7 Å². The lowest BCUT2D eigenvalue weighted by Gasteiger charge is -2.32. The number of carbonyl (C=O) groups is 1. The third-order valence-corrected chi connectivity index (χ3v) is 5.22. The fourth-order valence-electron chi connectivity index (χ4n) is 3.97. The highest BCUT2D eigenvalue weighted by Gasteiger charge is 2.33. The van der Waals surface area contributed by atoms with Crippen molar-refractivity contribution in [1.29, 1.82) is 0 Å². The molecule has 1 heterocycles. The summed E-state index contributed by atoms with van der Waals surface area (Å²) in [6.45, 7) is 4.07. The zero-order chi connectivity index (χ0) is 16.9. The van der Waals surface area contributed by atoms with Crippen LogP contribution in [-0.4, -0.2) is 28.7 Å². The second kappa shape index (κ2) is 7.69. The van der Waals surface area contributed by atoms with Gasteiger partial charge in [-0.05, 0) is 31.8 Å². The molecule has 3 N–H and O–H groups in total. The van der Waals surface area contributed by atoms with Gasteiger partial charge in [-0.3, -0.25) is 9.69 Å². The molecule has 0 unspecified atom stereocenters. The third-order valence-electron chi connectivity index (χ3n) is 5.22. The average molecular weight is 328 g/mol. The number of amidine groups is 1. The summed E-state index contributed by atoms with van der Waals surface area (Å²) in [7, 11) is 0. The van der Waals surface area contributed by atoms with Crippen molar-refractivity contribution >= 4 is 11.7 Å². The third kappa shape index (κ3) is 3.71. The van der Waals surface area contributed by atoms with Crippen molar-refractivity contribution in [3.63, 3.8) is 0 Å². The Labute approximate surface area is 144 Å². The largest absolute Gasteiger partial charge is 0.404 e. The summed E-state index contributed by atoms with van der Waals surface area (Å²) in [5.41, 5.74) is 6.56. The summed E-state index contributed by atoms with van der Waals surface area (Å²) >= 11 is 0. The SMILES string of the molecule is C=C(/N=C1\C(=C/N)C=CC(=O)N1C1CCCC1)NC1CCCCC1. The lowest BCUT2D eigenvalue weighted by Crippen LogP contribution is -2.45. The first-order valence-electron chi connectivity index (χ1n) is 9.16. The lowest BCUT2D eigenvalue weighted by molar-refractivity contribution is -0.124. The maximum Gasteiger partial charge on any atom is 0.252 e. The van der Waals surface area contributed by atoms with Crippen LogP contribution in [0.2, 0.25) is 0 Å². The van der Waals surface area contributed by atoms with Crippen LogP contribution in [0.4, 0.5) is 0 Å². The first-order valence-corrected chi connectivity index (χ1v) is 9.16. The fourth-order valence-corrected chi connectivity index (χ4v) is 3.97. The summed E-state index contributed by atoms with van der Waals surface area (Å²) in [6.07, 6.45) is 15.4. The Hall–Kier alpha value is -2.04. The lowest BCUT2D eigenvalue weighted by atomic mass is 9.96. The minimum atomic E-state index is -0.00304. The molecule has 0 aromatic heterocycles. The number of amides is 1. The second-order valence-corrected chi connectivity index (χ2v) is 6.96. The number of rotatable bonds is 4. The summed E-state index contributed by atoms with van der Waals surface area (Å²) in [5, 5.41) is 3.42. The van der Waals surface area contributed by atoms with E-state index in [1.165, 1.54) is 25.5 Å². The fraction of sp³-hybridized carbons (Fsp3) is 0.579. The molecule has 5 nitrogen and oxygen atoms in total. The van der Waals surface area contributed by atoms with E-state index in [-0.39, 0.29) is 11.9 Å². The molecule has 0 radical (unpaired) electrons. The van der Waals surface area contributed by atoms with Crippen LogP contribution in [0.3, 0.4) is 0 Å². The minimum absolute atomic E-state index is 0.00304. The summed E-state index contributed by atoms with van der Waals surface area (Å²) < 4.78 is 0. The predicted molar refractivity (Wildman–Crippen MR) is 97.1 cm³/mol. The molecule has 24 heavy (non-hydrogen) atoms. The Morgan fingerprint density at radius 1 is 1.17 bits per heavy atom. The smallest absolute Gasteiger partial charge is 0.252 e. The maximum atomic E-state index is 12.5. The molecule has 130 valence electrons.